The molecule has 110 valence electrons. The summed E-state index contributed by atoms with van der Waals surface area (Å²) in [6.45, 7) is 6.35. The molecule has 1 aliphatic heterocycles. The van der Waals surface area contributed by atoms with Crippen LogP contribution in [0.25, 0.3) is 0 Å². The van der Waals surface area contributed by atoms with Crippen LogP contribution >= 0.6 is 0 Å². The van der Waals surface area contributed by atoms with E-state index in [9.17, 15) is 4.79 Å². The van der Waals surface area contributed by atoms with Gasteiger partial charge in [0.1, 0.15) is 0 Å². The molecule has 0 saturated carbocycles. The summed E-state index contributed by atoms with van der Waals surface area (Å²) in [5, 5.41) is 6.15. The van der Waals surface area contributed by atoms with Gasteiger partial charge in [-0.25, -0.2) is 0 Å². The predicted molar refractivity (Wildman–Crippen MR) is 81.7 cm³/mol. The molecule has 0 aromatic heterocycles. The Bertz CT molecular complexity index is 407. The molecule has 2 N–H and O–H groups in total. The Morgan fingerprint density at radius 1 is 1.35 bits per heavy atom. The zero-order valence-electron chi connectivity index (χ0n) is 12.3. The fraction of sp³-hybridized carbons (Fsp3) is 0.562. The Morgan fingerprint density at radius 2 is 2.15 bits per heavy atom. The fourth-order valence-electron chi connectivity index (χ4n) is 2.63. The van der Waals surface area contributed by atoms with Crippen LogP contribution in [0, 0.1) is 0 Å². The summed E-state index contributed by atoms with van der Waals surface area (Å²) < 4.78 is 0. The highest BCUT2D eigenvalue weighted by Crippen LogP contribution is 2.10. The van der Waals surface area contributed by atoms with Crippen molar-refractivity contribution in [1.82, 2.24) is 15.5 Å². The number of carbonyl (C=O) groups excluding carboxylic acids is 1. The minimum absolute atomic E-state index is 0.0928. The van der Waals surface area contributed by atoms with Gasteiger partial charge in [0.05, 0.1) is 6.54 Å². The molecule has 1 heterocycles. The molecule has 0 bridgehead atoms. The first kappa shape index (κ1) is 15.0. The molecule has 1 aromatic carbocycles. The maximum absolute atomic E-state index is 11.4. The number of rotatable bonds is 7. The zero-order chi connectivity index (χ0) is 14.2. The normalized spacial score (nSPS) is 19.1. The average Bonchev–Trinajstić information content (AvgIpc) is 2.92. The van der Waals surface area contributed by atoms with E-state index >= 15 is 0 Å². The Hall–Kier alpha value is -1.39. The van der Waals surface area contributed by atoms with Crippen molar-refractivity contribution in [3.63, 3.8) is 0 Å². The second kappa shape index (κ2) is 8.02. The largest absolute Gasteiger partial charge is 0.355 e. The molecule has 2 rings (SSSR count). The van der Waals surface area contributed by atoms with Gasteiger partial charge in [0.15, 0.2) is 0 Å². The van der Waals surface area contributed by atoms with Gasteiger partial charge in [-0.3, -0.25) is 4.79 Å². The minimum atomic E-state index is 0.0928. The summed E-state index contributed by atoms with van der Waals surface area (Å²) >= 11 is 0. The van der Waals surface area contributed by atoms with Gasteiger partial charge in [-0.2, -0.15) is 0 Å². The third kappa shape index (κ3) is 4.94. The fourth-order valence-corrected chi connectivity index (χ4v) is 2.63. The number of carbonyl (C=O) groups is 1. The molecule has 1 aromatic rings. The van der Waals surface area contributed by atoms with E-state index in [2.05, 4.69) is 45.9 Å². The first-order valence-electron chi connectivity index (χ1n) is 7.54. The number of benzene rings is 1. The van der Waals surface area contributed by atoms with Crippen LogP contribution in [0.1, 0.15) is 18.9 Å². The van der Waals surface area contributed by atoms with Gasteiger partial charge in [0.2, 0.25) is 5.91 Å². The summed E-state index contributed by atoms with van der Waals surface area (Å²) in [6, 6.07) is 11.1. The van der Waals surface area contributed by atoms with Crippen LogP contribution in [0.4, 0.5) is 0 Å². The summed E-state index contributed by atoms with van der Waals surface area (Å²) in [5.74, 6) is 0.0928. The zero-order valence-corrected chi connectivity index (χ0v) is 12.3. The molecular formula is C16H25N3O. The lowest BCUT2D eigenvalue weighted by atomic mass is 10.1. The van der Waals surface area contributed by atoms with E-state index in [4.69, 9.17) is 0 Å². The van der Waals surface area contributed by atoms with Crippen LogP contribution < -0.4 is 10.6 Å². The number of hydrogen-bond acceptors (Lipinski definition) is 3. The van der Waals surface area contributed by atoms with Gasteiger partial charge < -0.3 is 15.5 Å². The molecular weight excluding hydrogens is 250 g/mol. The smallest absolute Gasteiger partial charge is 0.233 e. The lowest BCUT2D eigenvalue weighted by Gasteiger charge is -2.16. The van der Waals surface area contributed by atoms with E-state index in [1.54, 1.807) is 0 Å². The Labute approximate surface area is 121 Å². The first-order valence-corrected chi connectivity index (χ1v) is 7.54. The van der Waals surface area contributed by atoms with E-state index in [1.165, 1.54) is 5.56 Å². The van der Waals surface area contributed by atoms with Crippen LogP contribution in [-0.4, -0.2) is 49.6 Å². The molecule has 1 fully saturated rings. The lowest BCUT2D eigenvalue weighted by molar-refractivity contribution is -0.120. The van der Waals surface area contributed by atoms with Crippen molar-refractivity contribution in [3.05, 3.63) is 35.9 Å². The van der Waals surface area contributed by atoms with Gasteiger partial charge in [0.25, 0.3) is 0 Å². The van der Waals surface area contributed by atoms with Crippen molar-refractivity contribution in [2.24, 2.45) is 0 Å². The average molecular weight is 275 g/mol. The number of likely N-dealkylation sites (N-methyl/N-ethyl adjacent to an activating group) is 1. The molecule has 0 radical (unpaired) electrons. The molecule has 1 aliphatic rings. The van der Waals surface area contributed by atoms with Gasteiger partial charge in [-0.05, 0) is 31.9 Å². The van der Waals surface area contributed by atoms with Crippen LogP contribution in [-0.2, 0) is 11.2 Å². The van der Waals surface area contributed by atoms with E-state index in [0.29, 0.717) is 19.1 Å². The van der Waals surface area contributed by atoms with Gasteiger partial charge in [-0.1, -0.05) is 30.3 Å². The van der Waals surface area contributed by atoms with Crippen molar-refractivity contribution in [1.29, 1.82) is 0 Å². The quantitative estimate of drug-likeness (QED) is 0.781. The van der Waals surface area contributed by atoms with Crippen LogP contribution in [0.3, 0.4) is 0 Å². The maximum atomic E-state index is 11.4. The molecule has 0 spiro atoms. The molecule has 4 heteroatoms. The SMILES string of the molecule is CCNC(=O)CNC1CCN(CCc2ccccc2)C1. The van der Waals surface area contributed by atoms with Crippen LogP contribution in [0.15, 0.2) is 30.3 Å². The topological polar surface area (TPSA) is 44.4 Å². The number of nitrogens with zero attached hydrogens (tertiary/aromatic N) is 1. The third-order valence-corrected chi connectivity index (χ3v) is 3.76. The van der Waals surface area contributed by atoms with Crippen molar-refractivity contribution in [2.75, 3.05) is 32.7 Å². The monoisotopic (exact) mass is 275 g/mol. The Kier molecular flexibility index (Phi) is 6.02. The van der Waals surface area contributed by atoms with Crippen molar-refractivity contribution in [2.45, 2.75) is 25.8 Å². The van der Waals surface area contributed by atoms with E-state index < -0.39 is 0 Å². The summed E-state index contributed by atoms with van der Waals surface area (Å²) in [4.78, 5) is 13.9. The molecule has 1 unspecified atom stereocenters. The van der Waals surface area contributed by atoms with E-state index in [1.807, 2.05) is 6.92 Å². The van der Waals surface area contributed by atoms with Gasteiger partial charge in [0, 0.05) is 25.7 Å². The lowest BCUT2D eigenvalue weighted by Crippen LogP contribution is -2.40. The number of likely N-dealkylation sites (tertiary alicyclic amines) is 1. The Morgan fingerprint density at radius 3 is 2.90 bits per heavy atom. The van der Waals surface area contributed by atoms with Gasteiger partial charge in [-0.15, -0.1) is 0 Å². The molecule has 1 amide bonds. The van der Waals surface area contributed by atoms with Crippen LogP contribution in [0.5, 0.6) is 0 Å². The number of hydrogen-bond donors (Lipinski definition) is 2. The van der Waals surface area contributed by atoms with E-state index in [-0.39, 0.29) is 5.91 Å². The van der Waals surface area contributed by atoms with Crippen LogP contribution in [0.2, 0.25) is 0 Å². The third-order valence-electron chi connectivity index (χ3n) is 3.76. The minimum Gasteiger partial charge on any atom is -0.355 e. The van der Waals surface area contributed by atoms with Gasteiger partial charge >= 0.3 is 0 Å². The molecule has 1 saturated heterocycles. The van der Waals surface area contributed by atoms with Crippen molar-refractivity contribution >= 4 is 5.91 Å². The standard InChI is InChI=1S/C16H25N3O/c1-2-17-16(20)12-18-15-9-11-19(13-15)10-8-14-6-4-3-5-7-14/h3-7,15,18H,2,8-13H2,1H3,(H,17,20). The summed E-state index contributed by atoms with van der Waals surface area (Å²) in [5.41, 5.74) is 1.39. The summed E-state index contributed by atoms with van der Waals surface area (Å²) in [7, 11) is 0. The molecule has 1 atom stereocenters. The predicted octanol–water partition coefficient (Wildman–Crippen LogP) is 1.03. The second-order valence-corrected chi connectivity index (χ2v) is 5.36. The van der Waals surface area contributed by atoms with Crippen molar-refractivity contribution in [3.8, 4) is 0 Å². The number of amides is 1. The Balaban J connectivity index is 1.64. The molecule has 4 nitrogen and oxygen atoms in total. The maximum Gasteiger partial charge on any atom is 0.233 e. The second-order valence-electron chi connectivity index (χ2n) is 5.36. The van der Waals surface area contributed by atoms with E-state index in [0.717, 1.165) is 32.5 Å². The summed E-state index contributed by atoms with van der Waals surface area (Å²) in [6.07, 6.45) is 2.23. The highest BCUT2D eigenvalue weighted by molar-refractivity contribution is 5.77. The molecule has 20 heavy (non-hydrogen) atoms. The highest BCUT2D eigenvalue weighted by atomic mass is 16.1. The van der Waals surface area contributed by atoms with Crippen molar-refractivity contribution < 1.29 is 4.79 Å². The first-order chi connectivity index (χ1) is 9.78. The number of nitrogens with one attached hydrogen (secondary N) is 2. The highest BCUT2D eigenvalue weighted by Gasteiger charge is 2.21. The molecule has 0 aliphatic carbocycles.